The molecule has 1 aromatic heterocycles. The molecule has 1 N–H and O–H groups in total. The van der Waals surface area contributed by atoms with Gasteiger partial charge in [0.1, 0.15) is 18.1 Å². The van der Waals surface area contributed by atoms with Crippen LogP contribution in [0.5, 0.6) is 5.75 Å². The van der Waals surface area contributed by atoms with Gasteiger partial charge in [-0.25, -0.2) is 0 Å². The maximum Gasteiger partial charge on any atom is 0.222 e. The number of carbonyl (C=O) groups is 2. The molecular formula is C22H28N2O4. The highest BCUT2D eigenvalue weighted by Crippen LogP contribution is 2.30. The van der Waals surface area contributed by atoms with Gasteiger partial charge in [0.2, 0.25) is 11.8 Å². The van der Waals surface area contributed by atoms with Crippen LogP contribution in [0.1, 0.15) is 37.0 Å². The summed E-state index contributed by atoms with van der Waals surface area (Å²) in [5, 5.41) is 3.07. The first-order valence-corrected chi connectivity index (χ1v) is 9.73. The zero-order valence-electron chi connectivity index (χ0n) is 16.6. The Morgan fingerprint density at radius 1 is 1.29 bits per heavy atom. The van der Waals surface area contributed by atoms with Gasteiger partial charge >= 0.3 is 0 Å². The van der Waals surface area contributed by atoms with E-state index in [9.17, 15) is 9.59 Å². The first kappa shape index (κ1) is 20.0. The molecule has 150 valence electrons. The van der Waals surface area contributed by atoms with E-state index in [1.54, 1.807) is 18.2 Å². The van der Waals surface area contributed by atoms with Gasteiger partial charge in [0, 0.05) is 31.8 Å². The van der Waals surface area contributed by atoms with Crippen molar-refractivity contribution in [2.24, 2.45) is 0 Å². The van der Waals surface area contributed by atoms with Crippen LogP contribution < -0.4 is 10.1 Å². The molecule has 6 heteroatoms. The van der Waals surface area contributed by atoms with Crippen LogP contribution in [0.2, 0.25) is 0 Å². The fourth-order valence-corrected chi connectivity index (χ4v) is 3.53. The van der Waals surface area contributed by atoms with E-state index >= 15 is 0 Å². The van der Waals surface area contributed by atoms with Crippen molar-refractivity contribution in [1.29, 1.82) is 0 Å². The Morgan fingerprint density at radius 3 is 2.71 bits per heavy atom. The molecule has 2 aromatic rings. The summed E-state index contributed by atoms with van der Waals surface area (Å²) in [6.45, 7) is 2.99. The largest absolute Gasteiger partial charge is 0.492 e. The molecular weight excluding hydrogens is 356 g/mol. The number of furan rings is 1. The molecule has 3 rings (SSSR count). The highest BCUT2D eigenvalue weighted by molar-refractivity contribution is 5.80. The second kappa shape index (κ2) is 8.95. The van der Waals surface area contributed by atoms with E-state index in [1.165, 1.54) is 5.56 Å². The number of hydrogen-bond acceptors (Lipinski definition) is 4. The molecule has 0 saturated carbocycles. The molecule has 0 bridgehead atoms. The Labute approximate surface area is 165 Å². The lowest BCUT2D eigenvalue weighted by Crippen LogP contribution is -2.44. The average Bonchev–Trinajstić information content (AvgIpc) is 3.31. The number of benzene rings is 1. The summed E-state index contributed by atoms with van der Waals surface area (Å²) in [5.41, 5.74) is 0.784. The number of ether oxygens (including phenoxy) is 1. The molecule has 1 aromatic carbocycles. The topological polar surface area (TPSA) is 71.8 Å². The van der Waals surface area contributed by atoms with Crippen molar-refractivity contribution >= 4 is 11.8 Å². The third-order valence-electron chi connectivity index (χ3n) is 5.29. The minimum Gasteiger partial charge on any atom is -0.492 e. The van der Waals surface area contributed by atoms with Crippen molar-refractivity contribution in [3.8, 4) is 5.75 Å². The van der Waals surface area contributed by atoms with Gasteiger partial charge < -0.3 is 19.4 Å². The van der Waals surface area contributed by atoms with E-state index in [4.69, 9.17) is 9.15 Å². The van der Waals surface area contributed by atoms with Crippen LogP contribution in [0, 0.1) is 6.92 Å². The second-order valence-corrected chi connectivity index (χ2v) is 7.56. The van der Waals surface area contributed by atoms with E-state index in [0.29, 0.717) is 38.8 Å². The van der Waals surface area contributed by atoms with Crippen molar-refractivity contribution in [2.75, 3.05) is 20.2 Å². The van der Waals surface area contributed by atoms with Crippen molar-refractivity contribution in [2.45, 2.75) is 44.6 Å². The number of carbonyl (C=O) groups excluding carboxylic acids is 2. The molecule has 1 atom stereocenters. The summed E-state index contributed by atoms with van der Waals surface area (Å²) in [7, 11) is 1.78. The lowest BCUT2D eigenvalue weighted by Gasteiger charge is -2.29. The van der Waals surface area contributed by atoms with E-state index in [-0.39, 0.29) is 11.8 Å². The van der Waals surface area contributed by atoms with Gasteiger partial charge in [0.25, 0.3) is 0 Å². The number of hydrogen-bond donors (Lipinski definition) is 1. The van der Waals surface area contributed by atoms with Crippen molar-refractivity contribution in [3.63, 3.8) is 0 Å². The number of nitrogens with zero attached hydrogens (tertiary/aromatic N) is 1. The maximum atomic E-state index is 12.5. The number of likely N-dealkylation sites (N-methyl/N-ethyl adjacent to an activating group) is 1. The quantitative estimate of drug-likeness (QED) is 0.721. The molecule has 2 heterocycles. The molecule has 0 aliphatic carbocycles. The van der Waals surface area contributed by atoms with Crippen molar-refractivity contribution in [3.05, 3.63) is 54.0 Å². The fourth-order valence-electron chi connectivity index (χ4n) is 3.53. The molecule has 28 heavy (non-hydrogen) atoms. The first-order chi connectivity index (χ1) is 13.5. The summed E-state index contributed by atoms with van der Waals surface area (Å²) >= 11 is 0. The molecule has 0 spiro atoms. The van der Waals surface area contributed by atoms with E-state index < -0.39 is 5.54 Å². The average molecular weight is 384 g/mol. The monoisotopic (exact) mass is 384 g/mol. The van der Waals surface area contributed by atoms with Gasteiger partial charge in [-0.1, -0.05) is 17.7 Å². The van der Waals surface area contributed by atoms with Gasteiger partial charge in [-0.05, 0) is 44.0 Å². The number of aryl methyl sites for hydroxylation is 1. The number of amides is 2. The van der Waals surface area contributed by atoms with Crippen LogP contribution in [0.4, 0.5) is 0 Å². The van der Waals surface area contributed by atoms with Gasteiger partial charge in [-0.2, -0.15) is 0 Å². The molecule has 6 nitrogen and oxygen atoms in total. The highest BCUT2D eigenvalue weighted by Gasteiger charge is 2.38. The van der Waals surface area contributed by atoms with Gasteiger partial charge in [-0.15, -0.1) is 0 Å². The summed E-state index contributed by atoms with van der Waals surface area (Å²) < 4.78 is 11.1. The highest BCUT2D eigenvalue weighted by atomic mass is 16.5. The van der Waals surface area contributed by atoms with E-state index in [2.05, 4.69) is 5.32 Å². The van der Waals surface area contributed by atoms with E-state index in [0.717, 1.165) is 17.9 Å². The molecule has 0 unspecified atom stereocenters. The minimum absolute atomic E-state index is 0.0406. The van der Waals surface area contributed by atoms with Crippen LogP contribution in [-0.2, 0) is 16.0 Å². The third kappa shape index (κ3) is 5.38. The molecule has 2 amide bonds. The molecule has 1 saturated heterocycles. The van der Waals surface area contributed by atoms with Crippen molar-refractivity contribution in [1.82, 2.24) is 10.2 Å². The van der Waals surface area contributed by atoms with Crippen LogP contribution >= 0.6 is 0 Å². The minimum atomic E-state index is -0.399. The zero-order valence-corrected chi connectivity index (χ0v) is 16.6. The molecule has 1 aliphatic rings. The summed E-state index contributed by atoms with van der Waals surface area (Å²) in [6.07, 6.45) is 4.44. The van der Waals surface area contributed by atoms with Crippen LogP contribution in [0.25, 0.3) is 0 Å². The fraction of sp³-hybridized carbons (Fsp3) is 0.455. The lowest BCUT2D eigenvalue weighted by atomic mass is 9.87. The number of rotatable bonds is 9. The predicted octanol–water partition coefficient (Wildman–Crippen LogP) is 3.10. The lowest BCUT2D eigenvalue weighted by molar-refractivity contribution is -0.131. The van der Waals surface area contributed by atoms with Crippen LogP contribution in [-0.4, -0.2) is 42.5 Å². The molecule has 0 radical (unpaired) electrons. The Kier molecular flexibility index (Phi) is 6.39. The molecule has 1 aliphatic heterocycles. The Bertz CT molecular complexity index is 785. The standard InChI is InChI=1S/C22H28N2O4/c1-17-5-7-18(8-6-17)28-15-13-24(2)21(26)10-12-22(11-9-20(25)23-22)16-19-4-3-14-27-19/h3-8,14H,9-13,15-16H2,1-2H3,(H,23,25)/t22-/m0/s1. The maximum absolute atomic E-state index is 12.5. The predicted molar refractivity (Wildman–Crippen MR) is 106 cm³/mol. The SMILES string of the molecule is Cc1ccc(OCCN(C)C(=O)CC[C@]2(Cc3ccco3)CCC(=O)N2)cc1. The van der Waals surface area contributed by atoms with Gasteiger partial charge in [0.05, 0.1) is 12.8 Å². The second-order valence-electron chi connectivity index (χ2n) is 7.56. The van der Waals surface area contributed by atoms with E-state index in [1.807, 2.05) is 43.3 Å². The normalized spacial score (nSPS) is 18.7. The summed E-state index contributed by atoms with van der Waals surface area (Å²) in [5.74, 6) is 1.72. The zero-order chi connectivity index (χ0) is 20.0. The summed E-state index contributed by atoms with van der Waals surface area (Å²) in [6, 6.07) is 11.6. The smallest absolute Gasteiger partial charge is 0.222 e. The molecule has 1 fully saturated rings. The Morgan fingerprint density at radius 2 is 2.07 bits per heavy atom. The third-order valence-corrected chi connectivity index (χ3v) is 5.29. The van der Waals surface area contributed by atoms with Gasteiger partial charge in [-0.3, -0.25) is 9.59 Å². The summed E-state index contributed by atoms with van der Waals surface area (Å²) in [4.78, 5) is 26.0. The first-order valence-electron chi connectivity index (χ1n) is 9.73. The van der Waals surface area contributed by atoms with Crippen LogP contribution in [0.3, 0.4) is 0 Å². The van der Waals surface area contributed by atoms with Crippen molar-refractivity contribution < 1.29 is 18.7 Å². The number of nitrogens with one attached hydrogen (secondary N) is 1. The van der Waals surface area contributed by atoms with Crippen LogP contribution in [0.15, 0.2) is 47.1 Å². The Balaban J connectivity index is 1.47. The van der Waals surface area contributed by atoms with Gasteiger partial charge in [0.15, 0.2) is 0 Å². The Hall–Kier alpha value is -2.76.